The second kappa shape index (κ2) is 7.45. The van der Waals surface area contributed by atoms with Crippen LogP contribution in [0, 0.1) is 5.92 Å². The summed E-state index contributed by atoms with van der Waals surface area (Å²) in [5.74, 6) is 0.475. The van der Waals surface area contributed by atoms with Gasteiger partial charge in [0.25, 0.3) is 0 Å². The first kappa shape index (κ1) is 16.7. The number of nitrogens with zero attached hydrogens (tertiary/aromatic N) is 1. The number of carbonyl (C=O) groups excluding carboxylic acids is 1. The summed E-state index contributed by atoms with van der Waals surface area (Å²) in [4.78, 5) is 14.7. The Morgan fingerprint density at radius 3 is 2.53 bits per heavy atom. The number of likely N-dealkylation sites (tertiary alicyclic amines) is 1. The van der Waals surface area contributed by atoms with Gasteiger partial charge in [0.1, 0.15) is 0 Å². The third-order valence-corrected chi connectivity index (χ3v) is 5.67. The highest BCUT2D eigenvalue weighted by Crippen LogP contribution is 2.35. The van der Waals surface area contributed by atoms with Crippen LogP contribution in [0.15, 0.2) is 0 Å². The van der Waals surface area contributed by atoms with E-state index in [0.717, 1.165) is 25.9 Å². The lowest BCUT2D eigenvalue weighted by Gasteiger charge is -2.40. The zero-order chi connectivity index (χ0) is 14.5. The summed E-state index contributed by atoms with van der Waals surface area (Å²) in [6, 6.07) is 0. The molecule has 1 unspecified atom stereocenters. The van der Waals surface area contributed by atoms with Crippen molar-refractivity contribution in [3.05, 3.63) is 0 Å². The monoisotopic (exact) mass is 304 g/mol. The van der Waals surface area contributed by atoms with E-state index in [1.165, 1.54) is 0 Å². The molecule has 0 radical (unpaired) electrons. The van der Waals surface area contributed by atoms with Gasteiger partial charge in [-0.05, 0) is 25.0 Å². The van der Waals surface area contributed by atoms with Gasteiger partial charge in [0.15, 0.2) is 0 Å². The van der Waals surface area contributed by atoms with Gasteiger partial charge in [0.2, 0.25) is 5.91 Å². The van der Waals surface area contributed by atoms with E-state index in [1.807, 2.05) is 18.1 Å². The van der Waals surface area contributed by atoms with Gasteiger partial charge in [0, 0.05) is 33.2 Å². The van der Waals surface area contributed by atoms with E-state index >= 15 is 0 Å². The number of amides is 1. The first-order chi connectivity index (χ1) is 8.95. The van der Waals surface area contributed by atoms with E-state index in [4.69, 9.17) is 22.7 Å². The summed E-state index contributed by atoms with van der Waals surface area (Å²) in [6.07, 6.45) is 4.30. The molecule has 1 aliphatic rings. The van der Waals surface area contributed by atoms with Gasteiger partial charge in [-0.15, -0.1) is 0 Å². The average molecular weight is 304 g/mol. The van der Waals surface area contributed by atoms with Crippen molar-refractivity contribution in [3.63, 3.8) is 0 Å². The lowest BCUT2D eigenvalue weighted by atomic mass is 9.95. The van der Waals surface area contributed by atoms with Crippen LogP contribution in [0.1, 0.15) is 26.2 Å². The second-order valence-corrected chi connectivity index (χ2v) is 6.84. The van der Waals surface area contributed by atoms with Gasteiger partial charge in [-0.1, -0.05) is 19.1 Å². The van der Waals surface area contributed by atoms with Gasteiger partial charge in [0.05, 0.1) is 9.74 Å². The number of nitrogens with two attached hydrogens (primary N) is 1. The van der Waals surface area contributed by atoms with Crippen LogP contribution in [0.4, 0.5) is 0 Å². The normalized spacial score (nSPS) is 20.1. The predicted octanol–water partition coefficient (Wildman–Crippen LogP) is 1.67. The van der Waals surface area contributed by atoms with Crippen molar-refractivity contribution < 1.29 is 9.53 Å². The number of thioether (sulfide) groups is 1. The lowest BCUT2D eigenvalue weighted by Crippen LogP contribution is -2.50. The van der Waals surface area contributed by atoms with Crippen LogP contribution in [0.25, 0.3) is 0 Å². The van der Waals surface area contributed by atoms with Crippen molar-refractivity contribution >= 4 is 34.9 Å². The van der Waals surface area contributed by atoms with Crippen molar-refractivity contribution in [2.75, 3.05) is 33.1 Å². The van der Waals surface area contributed by atoms with Crippen LogP contribution in [-0.2, 0) is 9.53 Å². The Balaban J connectivity index is 2.49. The molecule has 1 aliphatic heterocycles. The minimum Gasteiger partial charge on any atom is -0.392 e. The highest BCUT2D eigenvalue weighted by Gasteiger charge is 2.37. The molecule has 110 valence electrons. The number of carbonyl (C=O) groups is 1. The van der Waals surface area contributed by atoms with E-state index in [9.17, 15) is 4.79 Å². The molecule has 0 saturated carbocycles. The number of hydrogen-bond donors (Lipinski definition) is 1. The fourth-order valence-corrected chi connectivity index (χ4v) is 3.69. The van der Waals surface area contributed by atoms with Crippen molar-refractivity contribution in [1.29, 1.82) is 0 Å². The minimum atomic E-state index is -0.121. The molecule has 6 heteroatoms. The largest absolute Gasteiger partial charge is 0.392 e. The molecule has 0 aliphatic carbocycles. The molecule has 2 N–H and O–H groups in total. The van der Waals surface area contributed by atoms with Crippen LogP contribution >= 0.6 is 24.0 Å². The summed E-state index contributed by atoms with van der Waals surface area (Å²) < 4.78 is 4.95. The van der Waals surface area contributed by atoms with Gasteiger partial charge >= 0.3 is 0 Å². The summed E-state index contributed by atoms with van der Waals surface area (Å²) in [5.41, 5.74) is 5.85. The highest BCUT2D eigenvalue weighted by molar-refractivity contribution is 8.02. The summed E-state index contributed by atoms with van der Waals surface area (Å²) >= 11 is 6.89. The van der Waals surface area contributed by atoms with Gasteiger partial charge in [-0.25, -0.2) is 0 Å². The van der Waals surface area contributed by atoms with Crippen molar-refractivity contribution in [2.45, 2.75) is 30.9 Å². The molecule has 1 fully saturated rings. The molecular weight excluding hydrogens is 280 g/mol. The zero-order valence-corrected chi connectivity index (χ0v) is 13.6. The number of rotatable bonds is 6. The third-order valence-electron chi connectivity index (χ3n) is 3.74. The van der Waals surface area contributed by atoms with Crippen LogP contribution in [0.3, 0.4) is 0 Å². The standard InChI is InChI=1S/C13H24N2O2S2/c1-10(9-17-2)8-11(16)15-6-4-13(19-3,5-7-15)12(14)18/h10H,4-9H2,1-3H3,(H2,14,18). The topological polar surface area (TPSA) is 55.6 Å². The molecule has 19 heavy (non-hydrogen) atoms. The molecular formula is C13H24N2O2S2. The van der Waals surface area contributed by atoms with Crippen LogP contribution in [-0.4, -0.2) is 53.6 Å². The van der Waals surface area contributed by atoms with Crippen molar-refractivity contribution in [3.8, 4) is 0 Å². The number of thiocarbonyl (C=S) groups is 1. The zero-order valence-electron chi connectivity index (χ0n) is 12.0. The quantitative estimate of drug-likeness (QED) is 0.757. The fraction of sp³-hybridized carbons (Fsp3) is 0.846. The van der Waals surface area contributed by atoms with E-state index in [0.29, 0.717) is 18.0 Å². The molecule has 0 spiro atoms. The minimum absolute atomic E-state index is 0.121. The number of hydrogen-bond acceptors (Lipinski definition) is 4. The summed E-state index contributed by atoms with van der Waals surface area (Å²) in [6.45, 7) is 4.15. The molecule has 1 heterocycles. The third kappa shape index (κ3) is 4.33. The maximum Gasteiger partial charge on any atom is 0.222 e. The summed E-state index contributed by atoms with van der Waals surface area (Å²) in [7, 11) is 1.66. The molecule has 1 amide bonds. The van der Waals surface area contributed by atoms with Crippen LogP contribution in [0.2, 0.25) is 0 Å². The second-order valence-electron chi connectivity index (χ2n) is 5.21. The highest BCUT2D eigenvalue weighted by atomic mass is 32.2. The SMILES string of the molecule is COCC(C)CC(=O)N1CCC(SC)(C(N)=S)CC1. The fourth-order valence-electron chi connectivity index (χ4n) is 2.44. The van der Waals surface area contributed by atoms with Gasteiger partial charge < -0.3 is 15.4 Å². The molecule has 4 nitrogen and oxygen atoms in total. The Hall–Kier alpha value is -0.330. The van der Waals surface area contributed by atoms with Gasteiger partial charge in [-0.3, -0.25) is 4.79 Å². The molecule has 1 atom stereocenters. The average Bonchev–Trinajstić information content (AvgIpc) is 2.38. The van der Waals surface area contributed by atoms with Gasteiger partial charge in [-0.2, -0.15) is 11.8 Å². The van der Waals surface area contributed by atoms with Crippen molar-refractivity contribution in [1.82, 2.24) is 4.90 Å². The van der Waals surface area contributed by atoms with E-state index < -0.39 is 0 Å². The first-order valence-electron chi connectivity index (χ1n) is 6.57. The predicted molar refractivity (Wildman–Crippen MR) is 84.5 cm³/mol. The Morgan fingerprint density at radius 2 is 2.11 bits per heavy atom. The number of methoxy groups -OCH3 is 1. The Labute approximate surface area is 125 Å². The smallest absolute Gasteiger partial charge is 0.222 e. The molecule has 0 bridgehead atoms. The molecule has 0 aromatic heterocycles. The Kier molecular flexibility index (Phi) is 6.56. The Bertz CT molecular complexity index is 329. The Morgan fingerprint density at radius 1 is 1.53 bits per heavy atom. The molecule has 0 aromatic carbocycles. The first-order valence-corrected chi connectivity index (χ1v) is 8.20. The maximum absolute atomic E-state index is 12.2. The van der Waals surface area contributed by atoms with E-state index in [1.54, 1.807) is 18.9 Å². The van der Waals surface area contributed by atoms with Crippen molar-refractivity contribution in [2.24, 2.45) is 11.7 Å². The van der Waals surface area contributed by atoms with Crippen LogP contribution < -0.4 is 5.73 Å². The molecule has 1 rings (SSSR count). The number of piperidine rings is 1. The van der Waals surface area contributed by atoms with E-state index in [2.05, 4.69) is 0 Å². The molecule has 0 aromatic rings. The van der Waals surface area contributed by atoms with E-state index in [-0.39, 0.29) is 16.6 Å². The molecule has 1 saturated heterocycles. The number of ether oxygens (including phenoxy) is 1. The van der Waals surface area contributed by atoms with Crippen LogP contribution in [0.5, 0.6) is 0 Å². The lowest BCUT2D eigenvalue weighted by molar-refractivity contribution is -0.133. The summed E-state index contributed by atoms with van der Waals surface area (Å²) in [5, 5.41) is 0. The maximum atomic E-state index is 12.2.